The van der Waals surface area contributed by atoms with Crippen molar-refractivity contribution in [2.45, 2.75) is 32.9 Å². The van der Waals surface area contributed by atoms with Gasteiger partial charge in [-0.05, 0) is 0 Å². The minimum absolute atomic E-state index is 0.0763. The number of rotatable bonds is 7. The SMILES string of the molecule is CNC(=O)Cn1cc(NC(=O)CCNC(C)C)cn1. The van der Waals surface area contributed by atoms with Crippen LogP contribution in [0, 0.1) is 0 Å². The van der Waals surface area contributed by atoms with E-state index >= 15 is 0 Å². The van der Waals surface area contributed by atoms with Crippen molar-refractivity contribution in [2.75, 3.05) is 18.9 Å². The Bertz CT molecular complexity index is 428. The van der Waals surface area contributed by atoms with Gasteiger partial charge in [-0.25, -0.2) is 0 Å². The summed E-state index contributed by atoms with van der Waals surface area (Å²) in [4.78, 5) is 22.8. The molecule has 19 heavy (non-hydrogen) atoms. The van der Waals surface area contributed by atoms with E-state index in [1.807, 2.05) is 13.8 Å². The van der Waals surface area contributed by atoms with Crippen LogP contribution in [-0.2, 0) is 16.1 Å². The van der Waals surface area contributed by atoms with Crippen molar-refractivity contribution in [3.8, 4) is 0 Å². The molecule has 0 aromatic carbocycles. The number of hydrogen-bond donors (Lipinski definition) is 3. The lowest BCUT2D eigenvalue weighted by molar-refractivity contribution is -0.121. The average molecular weight is 267 g/mol. The van der Waals surface area contributed by atoms with Crippen LogP contribution in [0.2, 0.25) is 0 Å². The van der Waals surface area contributed by atoms with Gasteiger partial charge in [-0.2, -0.15) is 5.10 Å². The van der Waals surface area contributed by atoms with Crippen molar-refractivity contribution in [2.24, 2.45) is 0 Å². The monoisotopic (exact) mass is 267 g/mol. The Morgan fingerprint density at radius 1 is 1.37 bits per heavy atom. The predicted octanol–water partition coefficient (Wildman–Crippen LogP) is -0.0443. The third-order valence-corrected chi connectivity index (χ3v) is 2.41. The lowest BCUT2D eigenvalue weighted by atomic mass is 10.3. The second-order valence-electron chi connectivity index (χ2n) is 4.51. The Balaban J connectivity index is 2.36. The van der Waals surface area contributed by atoms with E-state index in [0.717, 1.165) is 0 Å². The van der Waals surface area contributed by atoms with E-state index in [-0.39, 0.29) is 18.4 Å². The quantitative estimate of drug-likeness (QED) is 0.646. The Morgan fingerprint density at radius 2 is 2.11 bits per heavy atom. The van der Waals surface area contributed by atoms with Crippen LogP contribution in [-0.4, -0.2) is 41.2 Å². The Kier molecular flexibility index (Phi) is 6.01. The maximum Gasteiger partial charge on any atom is 0.241 e. The van der Waals surface area contributed by atoms with Gasteiger partial charge in [0.1, 0.15) is 6.54 Å². The van der Waals surface area contributed by atoms with E-state index in [0.29, 0.717) is 24.7 Å². The van der Waals surface area contributed by atoms with Crippen LogP contribution in [0.3, 0.4) is 0 Å². The smallest absolute Gasteiger partial charge is 0.241 e. The van der Waals surface area contributed by atoms with Crippen molar-refractivity contribution >= 4 is 17.5 Å². The molecule has 0 unspecified atom stereocenters. The van der Waals surface area contributed by atoms with Crippen LogP contribution in [0.4, 0.5) is 5.69 Å². The number of carbonyl (C=O) groups is 2. The fourth-order valence-electron chi connectivity index (χ4n) is 1.44. The van der Waals surface area contributed by atoms with Crippen molar-refractivity contribution in [3.63, 3.8) is 0 Å². The number of nitrogens with zero attached hydrogens (tertiary/aromatic N) is 2. The van der Waals surface area contributed by atoms with Crippen LogP contribution in [0.15, 0.2) is 12.4 Å². The van der Waals surface area contributed by atoms with E-state index in [9.17, 15) is 9.59 Å². The first kappa shape index (κ1) is 15.2. The number of anilines is 1. The second-order valence-corrected chi connectivity index (χ2v) is 4.51. The molecule has 0 saturated heterocycles. The summed E-state index contributed by atoms with van der Waals surface area (Å²) in [6.45, 7) is 4.83. The zero-order chi connectivity index (χ0) is 14.3. The average Bonchev–Trinajstić information content (AvgIpc) is 2.75. The number of nitrogens with one attached hydrogen (secondary N) is 3. The summed E-state index contributed by atoms with van der Waals surface area (Å²) in [6, 6.07) is 0.364. The first-order chi connectivity index (χ1) is 9.01. The van der Waals surface area contributed by atoms with Crippen LogP contribution in [0.25, 0.3) is 0 Å². The molecule has 0 aliphatic carbocycles. The summed E-state index contributed by atoms with van der Waals surface area (Å²) < 4.78 is 1.47. The fraction of sp³-hybridized carbons (Fsp3) is 0.583. The summed E-state index contributed by atoms with van der Waals surface area (Å²) in [5, 5.41) is 12.4. The summed E-state index contributed by atoms with van der Waals surface area (Å²) in [5.74, 6) is -0.213. The first-order valence-corrected chi connectivity index (χ1v) is 6.27. The topological polar surface area (TPSA) is 88.0 Å². The largest absolute Gasteiger partial charge is 0.358 e. The third-order valence-electron chi connectivity index (χ3n) is 2.41. The van der Waals surface area contributed by atoms with Gasteiger partial charge in [0.2, 0.25) is 11.8 Å². The minimum Gasteiger partial charge on any atom is -0.358 e. The molecule has 0 bridgehead atoms. The van der Waals surface area contributed by atoms with Crippen molar-refractivity contribution in [1.82, 2.24) is 20.4 Å². The van der Waals surface area contributed by atoms with Crippen LogP contribution >= 0.6 is 0 Å². The van der Waals surface area contributed by atoms with Gasteiger partial charge >= 0.3 is 0 Å². The van der Waals surface area contributed by atoms with Crippen molar-refractivity contribution in [3.05, 3.63) is 12.4 Å². The standard InChI is InChI=1S/C12H21N5O2/c1-9(2)14-5-4-11(18)16-10-6-15-17(7-10)8-12(19)13-3/h6-7,9,14H,4-5,8H2,1-3H3,(H,13,19)(H,16,18). The van der Waals surface area contributed by atoms with Crippen molar-refractivity contribution in [1.29, 1.82) is 0 Å². The third kappa shape index (κ3) is 6.01. The lowest BCUT2D eigenvalue weighted by Crippen LogP contribution is -2.27. The zero-order valence-electron chi connectivity index (χ0n) is 11.6. The molecule has 1 rings (SSSR count). The van der Waals surface area contributed by atoms with Gasteiger partial charge in [0.15, 0.2) is 0 Å². The number of aromatic nitrogens is 2. The molecular weight excluding hydrogens is 246 g/mol. The molecule has 0 fully saturated rings. The minimum atomic E-state index is -0.137. The second kappa shape index (κ2) is 7.52. The summed E-state index contributed by atoms with van der Waals surface area (Å²) in [5.41, 5.74) is 0.596. The highest BCUT2D eigenvalue weighted by molar-refractivity contribution is 5.90. The van der Waals surface area contributed by atoms with Gasteiger partial charge in [-0.15, -0.1) is 0 Å². The number of carbonyl (C=O) groups excluding carboxylic acids is 2. The molecule has 0 aliphatic rings. The summed E-state index contributed by atoms with van der Waals surface area (Å²) in [6.07, 6.45) is 3.55. The highest BCUT2D eigenvalue weighted by Crippen LogP contribution is 2.05. The molecule has 106 valence electrons. The molecule has 0 radical (unpaired) electrons. The normalized spacial score (nSPS) is 10.5. The lowest BCUT2D eigenvalue weighted by Gasteiger charge is -2.07. The molecule has 1 aromatic heterocycles. The maximum absolute atomic E-state index is 11.6. The maximum atomic E-state index is 11.6. The van der Waals surface area contributed by atoms with Gasteiger partial charge in [0.05, 0.1) is 11.9 Å². The molecule has 7 heteroatoms. The number of amides is 2. The summed E-state index contributed by atoms with van der Waals surface area (Å²) >= 11 is 0. The number of likely N-dealkylation sites (N-methyl/N-ethyl adjacent to an activating group) is 1. The first-order valence-electron chi connectivity index (χ1n) is 6.27. The molecule has 0 saturated carbocycles. The Hall–Kier alpha value is -1.89. The molecule has 1 aromatic rings. The van der Waals surface area contributed by atoms with Gasteiger partial charge in [0, 0.05) is 32.3 Å². The Labute approximate surface area is 112 Å². The van der Waals surface area contributed by atoms with E-state index in [1.165, 1.54) is 10.9 Å². The van der Waals surface area contributed by atoms with Gasteiger partial charge in [0.25, 0.3) is 0 Å². The van der Waals surface area contributed by atoms with Gasteiger partial charge in [-0.3, -0.25) is 14.3 Å². The zero-order valence-corrected chi connectivity index (χ0v) is 11.6. The molecule has 1 heterocycles. The van der Waals surface area contributed by atoms with E-state index in [1.54, 1.807) is 13.2 Å². The van der Waals surface area contributed by atoms with Crippen LogP contribution in [0.5, 0.6) is 0 Å². The van der Waals surface area contributed by atoms with Gasteiger partial charge in [-0.1, -0.05) is 13.8 Å². The molecule has 0 atom stereocenters. The van der Waals surface area contributed by atoms with Crippen LogP contribution in [0.1, 0.15) is 20.3 Å². The highest BCUT2D eigenvalue weighted by Gasteiger charge is 2.06. The molecule has 3 N–H and O–H groups in total. The Morgan fingerprint density at radius 3 is 2.74 bits per heavy atom. The predicted molar refractivity (Wildman–Crippen MR) is 72.7 cm³/mol. The van der Waals surface area contributed by atoms with E-state index in [2.05, 4.69) is 21.0 Å². The van der Waals surface area contributed by atoms with Crippen LogP contribution < -0.4 is 16.0 Å². The van der Waals surface area contributed by atoms with E-state index in [4.69, 9.17) is 0 Å². The highest BCUT2D eigenvalue weighted by atomic mass is 16.2. The molecule has 0 spiro atoms. The molecule has 7 nitrogen and oxygen atoms in total. The summed E-state index contributed by atoms with van der Waals surface area (Å²) in [7, 11) is 1.57. The van der Waals surface area contributed by atoms with E-state index < -0.39 is 0 Å². The fourth-order valence-corrected chi connectivity index (χ4v) is 1.44. The molecule has 2 amide bonds. The number of hydrogen-bond acceptors (Lipinski definition) is 4. The van der Waals surface area contributed by atoms with Gasteiger partial charge < -0.3 is 16.0 Å². The van der Waals surface area contributed by atoms with Crippen molar-refractivity contribution < 1.29 is 9.59 Å². The molecular formula is C12H21N5O2. The molecule has 0 aliphatic heterocycles.